The molecule has 5 nitrogen and oxygen atoms in total. The number of nitrogens with one attached hydrogen (secondary N) is 2. The van der Waals surface area contributed by atoms with Crippen LogP contribution in [0.3, 0.4) is 0 Å². The van der Waals surface area contributed by atoms with Crippen LogP contribution in [0.2, 0.25) is 0 Å². The van der Waals surface area contributed by atoms with Gasteiger partial charge < -0.3 is 16.4 Å². The Morgan fingerprint density at radius 3 is 2.64 bits per heavy atom. The number of amides is 2. The van der Waals surface area contributed by atoms with Crippen molar-refractivity contribution >= 4 is 24.2 Å². The van der Waals surface area contributed by atoms with Crippen molar-refractivity contribution in [3.63, 3.8) is 0 Å². The Labute approximate surface area is 87.0 Å². The number of hydrogen-bond acceptors (Lipinski definition) is 3. The Hall–Kier alpha value is -0.880. The molecule has 0 aromatic rings. The van der Waals surface area contributed by atoms with Gasteiger partial charge in [0.15, 0.2) is 0 Å². The summed E-state index contributed by atoms with van der Waals surface area (Å²) in [5.41, 5.74) is 4.82. The van der Waals surface area contributed by atoms with Crippen LogP contribution in [0.25, 0.3) is 0 Å². The van der Waals surface area contributed by atoms with E-state index in [0.717, 1.165) is 0 Å². The highest BCUT2D eigenvalue weighted by atomic mass is 35.5. The van der Waals surface area contributed by atoms with Gasteiger partial charge in [-0.15, -0.1) is 12.4 Å². The van der Waals surface area contributed by atoms with Gasteiger partial charge in [-0.05, 0) is 0 Å². The Morgan fingerprint density at radius 2 is 2.21 bits per heavy atom. The highest BCUT2D eigenvalue weighted by Crippen LogP contribution is 2.09. The standard InChI is InChI=1S/C7H12FN3O2.ClH/c8-4-1-5(10-2-4)7(13)11-3-6(9)12;/h4-5,10H,1-3H2,(H2,9,12)(H,11,13);1H/t4-,5+;/m0./s1. The van der Waals surface area contributed by atoms with Crippen LogP contribution >= 0.6 is 12.4 Å². The maximum absolute atomic E-state index is 12.6. The van der Waals surface area contributed by atoms with Gasteiger partial charge in [0.25, 0.3) is 0 Å². The lowest BCUT2D eigenvalue weighted by Gasteiger charge is -2.08. The quantitative estimate of drug-likeness (QED) is 0.559. The molecule has 1 saturated heterocycles. The number of nitrogens with two attached hydrogens (primary N) is 1. The number of alkyl halides is 1. The van der Waals surface area contributed by atoms with E-state index in [4.69, 9.17) is 5.73 Å². The maximum atomic E-state index is 12.6. The summed E-state index contributed by atoms with van der Waals surface area (Å²) in [5.74, 6) is -0.984. The van der Waals surface area contributed by atoms with Gasteiger partial charge in [-0.25, -0.2) is 4.39 Å². The van der Waals surface area contributed by atoms with Crippen molar-refractivity contribution in [2.45, 2.75) is 18.6 Å². The number of carbonyl (C=O) groups is 2. The molecule has 0 unspecified atom stereocenters. The average Bonchev–Trinajstić information content (AvgIpc) is 2.47. The zero-order valence-electron chi connectivity index (χ0n) is 7.46. The van der Waals surface area contributed by atoms with E-state index in [1.54, 1.807) is 0 Å². The van der Waals surface area contributed by atoms with E-state index in [1.165, 1.54) is 0 Å². The summed E-state index contributed by atoms with van der Waals surface area (Å²) in [6, 6.07) is -0.533. The summed E-state index contributed by atoms with van der Waals surface area (Å²) in [4.78, 5) is 21.4. The molecule has 1 aliphatic heterocycles. The lowest BCUT2D eigenvalue weighted by molar-refractivity contribution is -0.126. The smallest absolute Gasteiger partial charge is 0.237 e. The second kappa shape index (κ2) is 5.77. The minimum absolute atomic E-state index is 0. The number of primary amides is 1. The van der Waals surface area contributed by atoms with Crippen LogP contribution in [0.1, 0.15) is 6.42 Å². The summed E-state index contributed by atoms with van der Waals surface area (Å²) in [7, 11) is 0. The molecule has 0 spiro atoms. The van der Waals surface area contributed by atoms with Crippen molar-refractivity contribution < 1.29 is 14.0 Å². The molecule has 0 aromatic carbocycles. The molecule has 14 heavy (non-hydrogen) atoms. The Bertz CT molecular complexity index is 227. The highest BCUT2D eigenvalue weighted by Gasteiger charge is 2.28. The predicted octanol–water partition coefficient (Wildman–Crippen LogP) is -1.29. The first-order valence-electron chi connectivity index (χ1n) is 4.03. The molecule has 0 radical (unpaired) electrons. The van der Waals surface area contributed by atoms with Crippen molar-refractivity contribution in [2.24, 2.45) is 5.73 Å². The molecule has 1 rings (SSSR count). The number of rotatable bonds is 3. The zero-order chi connectivity index (χ0) is 9.84. The SMILES string of the molecule is Cl.NC(=O)CNC(=O)[C@H]1C[C@H](F)CN1. The Kier molecular flexibility index (Phi) is 5.40. The molecule has 1 fully saturated rings. The summed E-state index contributed by atoms with van der Waals surface area (Å²) < 4.78 is 12.6. The second-order valence-corrected chi connectivity index (χ2v) is 2.98. The van der Waals surface area contributed by atoms with E-state index in [2.05, 4.69) is 10.6 Å². The topological polar surface area (TPSA) is 84.2 Å². The Balaban J connectivity index is 0.00000169. The van der Waals surface area contributed by atoms with Gasteiger partial charge in [-0.1, -0.05) is 0 Å². The molecule has 1 heterocycles. The van der Waals surface area contributed by atoms with Crippen molar-refractivity contribution in [3.05, 3.63) is 0 Å². The first-order valence-corrected chi connectivity index (χ1v) is 4.03. The third kappa shape index (κ3) is 3.89. The zero-order valence-corrected chi connectivity index (χ0v) is 8.27. The predicted molar refractivity (Wildman–Crippen MR) is 50.8 cm³/mol. The van der Waals surface area contributed by atoms with Crippen LogP contribution in [-0.4, -0.2) is 37.1 Å². The van der Waals surface area contributed by atoms with Gasteiger partial charge in [0.2, 0.25) is 11.8 Å². The van der Waals surface area contributed by atoms with Crippen LogP contribution in [0.15, 0.2) is 0 Å². The summed E-state index contributed by atoms with van der Waals surface area (Å²) in [6.45, 7) is -0.0113. The summed E-state index contributed by atoms with van der Waals surface area (Å²) >= 11 is 0. The Morgan fingerprint density at radius 1 is 1.57 bits per heavy atom. The molecular weight excluding hydrogens is 213 g/mol. The molecule has 82 valence electrons. The van der Waals surface area contributed by atoms with E-state index in [1.807, 2.05) is 0 Å². The van der Waals surface area contributed by atoms with Gasteiger partial charge in [-0.3, -0.25) is 9.59 Å². The van der Waals surface area contributed by atoms with Crippen LogP contribution < -0.4 is 16.4 Å². The molecule has 0 aliphatic carbocycles. The van der Waals surface area contributed by atoms with E-state index in [-0.39, 0.29) is 37.8 Å². The molecule has 1 aliphatic rings. The number of hydrogen-bond donors (Lipinski definition) is 3. The molecule has 7 heteroatoms. The second-order valence-electron chi connectivity index (χ2n) is 2.98. The minimum Gasteiger partial charge on any atom is -0.368 e. The maximum Gasteiger partial charge on any atom is 0.237 e. The molecule has 0 aromatic heterocycles. The van der Waals surface area contributed by atoms with Crippen LogP contribution in [0.5, 0.6) is 0 Å². The van der Waals surface area contributed by atoms with Crippen molar-refractivity contribution in [1.29, 1.82) is 0 Å². The van der Waals surface area contributed by atoms with Crippen molar-refractivity contribution in [2.75, 3.05) is 13.1 Å². The molecule has 0 bridgehead atoms. The first kappa shape index (κ1) is 13.1. The van der Waals surface area contributed by atoms with Crippen LogP contribution in [0.4, 0.5) is 4.39 Å². The largest absolute Gasteiger partial charge is 0.368 e. The lowest BCUT2D eigenvalue weighted by Crippen LogP contribution is -2.43. The van der Waals surface area contributed by atoms with Gasteiger partial charge in [-0.2, -0.15) is 0 Å². The van der Waals surface area contributed by atoms with Gasteiger partial charge in [0.1, 0.15) is 6.17 Å². The van der Waals surface area contributed by atoms with E-state index >= 15 is 0 Å². The van der Waals surface area contributed by atoms with Gasteiger partial charge in [0, 0.05) is 13.0 Å². The molecular formula is C7H13ClFN3O2. The molecule has 4 N–H and O–H groups in total. The molecule has 0 saturated carbocycles. The van der Waals surface area contributed by atoms with E-state index in [9.17, 15) is 14.0 Å². The summed E-state index contributed by atoms with van der Waals surface area (Å²) in [5, 5.41) is 4.99. The van der Waals surface area contributed by atoms with Gasteiger partial charge in [0.05, 0.1) is 12.6 Å². The average molecular weight is 226 g/mol. The fourth-order valence-electron chi connectivity index (χ4n) is 1.19. The van der Waals surface area contributed by atoms with Crippen LogP contribution in [-0.2, 0) is 9.59 Å². The molecule has 2 amide bonds. The molecule has 2 atom stereocenters. The number of carbonyl (C=O) groups excluding carboxylic acids is 2. The highest BCUT2D eigenvalue weighted by molar-refractivity contribution is 5.87. The van der Waals surface area contributed by atoms with Crippen LogP contribution in [0, 0.1) is 0 Å². The third-order valence-electron chi connectivity index (χ3n) is 1.83. The fourth-order valence-corrected chi connectivity index (χ4v) is 1.19. The van der Waals surface area contributed by atoms with Crippen molar-refractivity contribution in [1.82, 2.24) is 10.6 Å². The van der Waals surface area contributed by atoms with E-state index < -0.39 is 18.1 Å². The normalized spacial score (nSPS) is 25.2. The summed E-state index contributed by atoms with van der Waals surface area (Å²) in [6.07, 6.45) is -0.825. The third-order valence-corrected chi connectivity index (χ3v) is 1.83. The number of halogens is 2. The van der Waals surface area contributed by atoms with E-state index in [0.29, 0.717) is 0 Å². The lowest BCUT2D eigenvalue weighted by atomic mass is 10.2. The van der Waals surface area contributed by atoms with Gasteiger partial charge >= 0.3 is 0 Å². The monoisotopic (exact) mass is 225 g/mol. The fraction of sp³-hybridized carbons (Fsp3) is 0.714. The van der Waals surface area contributed by atoms with Crippen molar-refractivity contribution in [3.8, 4) is 0 Å². The first-order chi connectivity index (χ1) is 6.09. The minimum atomic E-state index is -0.982.